The van der Waals surface area contributed by atoms with Crippen LogP contribution in [-0.2, 0) is 16.1 Å². The van der Waals surface area contributed by atoms with Crippen molar-refractivity contribution in [2.45, 2.75) is 13.0 Å². The number of carbonyl (C=O) groups is 2. The molecule has 0 aromatic heterocycles. The van der Waals surface area contributed by atoms with E-state index in [1.807, 2.05) is 24.3 Å². The van der Waals surface area contributed by atoms with Crippen LogP contribution in [0.4, 0.5) is 4.79 Å². The molecule has 0 radical (unpaired) electrons. The average molecular weight is 373 g/mol. The SMILES string of the molecule is COCCNC(=O)NC(=O)CN1CCCN(Cc2ccc(C#N)cc2)CC1. The molecule has 1 aliphatic rings. The highest BCUT2D eigenvalue weighted by molar-refractivity contribution is 5.95. The summed E-state index contributed by atoms with van der Waals surface area (Å²) in [6.07, 6.45) is 0.962. The average Bonchev–Trinajstić information content (AvgIpc) is 2.87. The van der Waals surface area contributed by atoms with Crippen LogP contribution < -0.4 is 10.6 Å². The summed E-state index contributed by atoms with van der Waals surface area (Å²) in [7, 11) is 1.55. The van der Waals surface area contributed by atoms with Gasteiger partial charge in [-0.15, -0.1) is 0 Å². The van der Waals surface area contributed by atoms with Crippen molar-refractivity contribution in [3.63, 3.8) is 0 Å². The molecule has 0 unspecified atom stereocenters. The zero-order valence-corrected chi connectivity index (χ0v) is 15.7. The van der Waals surface area contributed by atoms with Gasteiger partial charge in [0.2, 0.25) is 5.91 Å². The van der Waals surface area contributed by atoms with Crippen LogP contribution in [0.25, 0.3) is 0 Å². The fraction of sp³-hybridized carbons (Fsp3) is 0.526. The molecule has 2 rings (SSSR count). The van der Waals surface area contributed by atoms with E-state index in [0.29, 0.717) is 18.7 Å². The lowest BCUT2D eigenvalue weighted by molar-refractivity contribution is -0.121. The summed E-state index contributed by atoms with van der Waals surface area (Å²) in [4.78, 5) is 28.0. The van der Waals surface area contributed by atoms with E-state index in [1.165, 1.54) is 5.56 Å². The number of ether oxygens (including phenoxy) is 1. The van der Waals surface area contributed by atoms with E-state index < -0.39 is 6.03 Å². The molecule has 8 nitrogen and oxygen atoms in total. The largest absolute Gasteiger partial charge is 0.383 e. The van der Waals surface area contributed by atoms with Gasteiger partial charge >= 0.3 is 6.03 Å². The number of benzene rings is 1. The van der Waals surface area contributed by atoms with Crippen molar-refractivity contribution in [2.24, 2.45) is 0 Å². The number of nitriles is 1. The number of nitrogens with one attached hydrogen (secondary N) is 2. The molecule has 0 aliphatic carbocycles. The van der Waals surface area contributed by atoms with Crippen molar-refractivity contribution in [1.29, 1.82) is 5.26 Å². The Balaban J connectivity index is 1.72. The van der Waals surface area contributed by atoms with E-state index in [1.54, 1.807) is 7.11 Å². The molecular formula is C19H27N5O3. The monoisotopic (exact) mass is 373 g/mol. The van der Waals surface area contributed by atoms with Crippen molar-refractivity contribution < 1.29 is 14.3 Å². The molecule has 8 heteroatoms. The summed E-state index contributed by atoms with van der Waals surface area (Å²) < 4.78 is 4.84. The predicted molar refractivity (Wildman–Crippen MR) is 101 cm³/mol. The second kappa shape index (κ2) is 11.3. The molecule has 146 valence electrons. The van der Waals surface area contributed by atoms with Crippen molar-refractivity contribution in [3.05, 3.63) is 35.4 Å². The van der Waals surface area contributed by atoms with E-state index in [2.05, 4.69) is 26.5 Å². The molecule has 27 heavy (non-hydrogen) atoms. The first kappa shape index (κ1) is 20.8. The lowest BCUT2D eigenvalue weighted by atomic mass is 10.1. The fourth-order valence-corrected chi connectivity index (χ4v) is 2.96. The van der Waals surface area contributed by atoms with E-state index in [0.717, 1.165) is 39.1 Å². The first-order valence-electron chi connectivity index (χ1n) is 9.11. The van der Waals surface area contributed by atoms with Crippen molar-refractivity contribution >= 4 is 11.9 Å². The molecule has 3 amide bonds. The van der Waals surface area contributed by atoms with Crippen LogP contribution in [0.1, 0.15) is 17.5 Å². The highest BCUT2D eigenvalue weighted by atomic mass is 16.5. The topological polar surface area (TPSA) is 97.7 Å². The summed E-state index contributed by atoms with van der Waals surface area (Å²) in [5.74, 6) is -0.301. The van der Waals surface area contributed by atoms with Crippen LogP contribution >= 0.6 is 0 Å². The molecular weight excluding hydrogens is 346 g/mol. The first-order valence-corrected chi connectivity index (χ1v) is 9.11. The third kappa shape index (κ3) is 7.74. The Hall–Kier alpha value is -2.47. The number of hydrogen-bond acceptors (Lipinski definition) is 6. The summed E-state index contributed by atoms with van der Waals surface area (Å²) in [6, 6.07) is 9.27. The highest BCUT2D eigenvalue weighted by Gasteiger charge is 2.18. The van der Waals surface area contributed by atoms with Gasteiger partial charge in [-0.2, -0.15) is 5.26 Å². The Labute approximate surface area is 160 Å². The molecule has 1 aromatic carbocycles. The summed E-state index contributed by atoms with van der Waals surface area (Å²) in [5.41, 5.74) is 1.84. The van der Waals surface area contributed by atoms with Gasteiger partial charge in [0.05, 0.1) is 24.8 Å². The van der Waals surface area contributed by atoms with Crippen molar-refractivity contribution in [2.75, 3.05) is 53.0 Å². The Kier molecular flexibility index (Phi) is 8.71. The Bertz CT molecular complexity index is 656. The zero-order valence-electron chi connectivity index (χ0n) is 15.7. The minimum Gasteiger partial charge on any atom is -0.383 e. The van der Waals surface area contributed by atoms with Gasteiger partial charge in [-0.1, -0.05) is 12.1 Å². The molecule has 0 bridgehead atoms. The Morgan fingerprint density at radius 2 is 1.85 bits per heavy atom. The van der Waals surface area contributed by atoms with Gasteiger partial charge < -0.3 is 10.1 Å². The summed E-state index contributed by atoms with van der Waals surface area (Å²) in [6.45, 7) is 5.21. The maximum Gasteiger partial charge on any atom is 0.321 e. The second-order valence-corrected chi connectivity index (χ2v) is 6.51. The second-order valence-electron chi connectivity index (χ2n) is 6.51. The Morgan fingerprint density at radius 3 is 2.56 bits per heavy atom. The number of nitrogens with zero attached hydrogens (tertiary/aromatic N) is 3. The molecule has 1 aliphatic heterocycles. The number of rotatable bonds is 7. The molecule has 0 saturated carbocycles. The number of imide groups is 1. The minimum atomic E-state index is -0.491. The summed E-state index contributed by atoms with van der Waals surface area (Å²) >= 11 is 0. The van der Waals surface area contributed by atoms with Crippen LogP contribution in [0.15, 0.2) is 24.3 Å². The molecule has 0 spiro atoms. The third-order valence-corrected chi connectivity index (χ3v) is 4.38. The van der Waals surface area contributed by atoms with E-state index in [9.17, 15) is 9.59 Å². The molecule has 2 N–H and O–H groups in total. The predicted octanol–water partition coefficient (Wildman–Crippen LogP) is 0.538. The molecule has 1 saturated heterocycles. The van der Waals surface area contributed by atoms with Crippen molar-refractivity contribution in [1.82, 2.24) is 20.4 Å². The molecule has 1 aromatic rings. The van der Waals surface area contributed by atoms with Gasteiger partial charge in [-0.05, 0) is 37.2 Å². The molecule has 0 atom stereocenters. The van der Waals surface area contributed by atoms with Crippen LogP contribution in [0.5, 0.6) is 0 Å². The lowest BCUT2D eigenvalue weighted by Gasteiger charge is -2.21. The quantitative estimate of drug-likeness (QED) is 0.677. The van der Waals surface area contributed by atoms with E-state index in [-0.39, 0.29) is 12.5 Å². The first-order chi connectivity index (χ1) is 13.1. The maximum absolute atomic E-state index is 12.0. The van der Waals surface area contributed by atoms with E-state index >= 15 is 0 Å². The van der Waals surface area contributed by atoms with E-state index in [4.69, 9.17) is 10.00 Å². The van der Waals surface area contributed by atoms with Gasteiger partial charge in [-0.3, -0.25) is 19.9 Å². The van der Waals surface area contributed by atoms with Gasteiger partial charge in [0.1, 0.15) is 0 Å². The Morgan fingerprint density at radius 1 is 1.15 bits per heavy atom. The number of methoxy groups -OCH3 is 1. The van der Waals surface area contributed by atoms with Crippen LogP contribution in [0, 0.1) is 11.3 Å². The standard InChI is InChI=1S/C19H27N5O3/c1-27-12-7-21-19(26)22-18(25)15-24-9-2-8-23(10-11-24)14-17-5-3-16(13-20)4-6-17/h3-6H,2,7-12,14-15H2,1H3,(H2,21,22,25,26). The van der Waals surface area contributed by atoms with Crippen LogP contribution in [-0.4, -0.2) is 74.7 Å². The lowest BCUT2D eigenvalue weighted by Crippen LogP contribution is -2.45. The zero-order chi connectivity index (χ0) is 19.5. The normalized spacial score (nSPS) is 15.6. The number of carbonyl (C=O) groups excluding carboxylic acids is 2. The number of amides is 3. The molecule has 1 heterocycles. The van der Waals surface area contributed by atoms with Crippen molar-refractivity contribution in [3.8, 4) is 6.07 Å². The van der Waals surface area contributed by atoms with Gasteiger partial charge in [-0.25, -0.2) is 4.79 Å². The fourth-order valence-electron chi connectivity index (χ4n) is 2.96. The van der Waals surface area contributed by atoms with Crippen LogP contribution in [0.2, 0.25) is 0 Å². The third-order valence-electron chi connectivity index (χ3n) is 4.38. The minimum absolute atomic E-state index is 0.211. The van der Waals surface area contributed by atoms with Gasteiger partial charge in [0.25, 0.3) is 0 Å². The molecule has 1 fully saturated rings. The summed E-state index contributed by atoms with van der Waals surface area (Å²) in [5, 5.41) is 13.8. The number of hydrogen-bond donors (Lipinski definition) is 2. The maximum atomic E-state index is 12.0. The van der Waals surface area contributed by atoms with Crippen LogP contribution in [0.3, 0.4) is 0 Å². The highest BCUT2D eigenvalue weighted by Crippen LogP contribution is 2.10. The van der Waals surface area contributed by atoms with Gasteiger partial charge in [0.15, 0.2) is 0 Å². The number of urea groups is 1. The smallest absolute Gasteiger partial charge is 0.321 e. The van der Waals surface area contributed by atoms with Gasteiger partial charge in [0, 0.05) is 33.3 Å².